The van der Waals surface area contributed by atoms with E-state index in [2.05, 4.69) is 10.6 Å². The number of rotatable bonds is 32. The van der Waals surface area contributed by atoms with Gasteiger partial charge in [-0.05, 0) is 0 Å². The average Bonchev–Trinajstić information content (AvgIpc) is 0.849. The number of hydrogen-bond acceptors (Lipinski definition) is 47. The van der Waals surface area contributed by atoms with Gasteiger partial charge in [-0.3, -0.25) is 18.7 Å². The van der Waals surface area contributed by atoms with E-state index in [1.165, 1.54) is 9.44 Å². The van der Waals surface area contributed by atoms with Crippen LogP contribution in [0.25, 0.3) is 0 Å². The minimum absolute atomic E-state index is 0.828. The van der Waals surface area contributed by atoms with Crippen LogP contribution in [0.1, 0.15) is 13.8 Å². The molecule has 9 saturated heterocycles. The number of aliphatic hydroxyl groups is 20. The molecule has 0 aromatic heterocycles. The van der Waals surface area contributed by atoms with Crippen LogP contribution in [0.2, 0.25) is 0 Å². The fraction of sp³-hybridized carbons (Fsp3) is 0.897. The second-order valence-electron chi connectivity index (χ2n) is 27.9. The Bertz CT molecular complexity index is 3590. The molecule has 9 aliphatic heterocycles. The van der Waals surface area contributed by atoms with Crippen molar-refractivity contribution in [3.8, 4) is 0 Å². The molecule has 44 atom stereocenters. The number of carboxylic acids is 4. The first kappa shape index (κ1) is 95.9. The second kappa shape index (κ2) is 39.7. The van der Waals surface area contributed by atoms with Crippen LogP contribution in [0.3, 0.4) is 0 Å². The van der Waals surface area contributed by atoms with Crippen LogP contribution in [0, 0.1) is 0 Å². The molecule has 2 amide bonds. The summed E-state index contributed by atoms with van der Waals surface area (Å²) in [7, 11) is -11.4. The minimum atomic E-state index is -5.73. The van der Waals surface area contributed by atoms with Crippen LogP contribution in [0.15, 0.2) is 0 Å². The van der Waals surface area contributed by atoms with E-state index in [0.29, 0.717) is 0 Å². The van der Waals surface area contributed by atoms with Gasteiger partial charge in [0.2, 0.25) is 11.8 Å². The van der Waals surface area contributed by atoms with Crippen molar-refractivity contribution in [2.24, 2.45) is 0 Å². The summed E-state index contributed by atoms with van der Waals surface area (Å²) in [5.41, 5.74) is 0. The normalized spacial score (nSPS) is 46.8. The molecule has 59 heteroatoms. The highest BCUT2D eigenvalue weighted by molar-refractivity contribution is 7.84. The Morgan fingerprint density at radius 3 is 0.726 bits per heavy atom. The molecule has 9 aliphatic rings. The van der Waals surface area contributed by atoms with Crippen LogP contribution >= 0.6 is 0 Å². The number of aliphatic hydroxyl groups excluding tert-OH is 20. The quantitative estimate of drug-likeness (QED) is 0.0278. The largest absolute Gasteiger partial charge is 0.479 e. The van der Waals surface area contributed by atoms with E-state index in [-0.39, 0.29) is 0 Å². The number of amides is 2. The lowest BCUT2D eigenvalue weighted by molar-refractivity contribution is -0.382. The topological polar surface area (TPSA) is 902 Å². The van der Waals surface area contributed by atoms with E-state index in [0.717, 1.165) is 13.8 Å². The lowest BCUT2D eigenvalue weighted by Gasteiger charge is -2.50. The molecular formula is C58H92N4O53S2. The van der Waals surface area contributed by atoms with Gasteiger partial charge in [-0.25, -0.2) is 19.2 Å². The van der Waals surface area contributed by atoms with E-state index in [4.69, 9.17) is 80.5 Å². The molecule has 0 aromatic carbocycles. The molecule has 9 fully saturated rings. The Kier molecular flexibility index (Phi) is 32.6. The summed E-state index contributed by atoms with van der Waals surface area (Å²) in [6.07, 6.45) is -93.9. The van der Waals surface area contributed by atoms with Crippen molar-refractivity contribution in [1.29, 1.82) is 0 Å². The number of carbonyl (C=O) groups is 6. The fourth-order valence-electron chi connectivity index (χ4n) is 14.3. The monoisotopic (exact) mass is 1760 g/mol. The predicted octanol–water partition coefficient (Wildman–Crippen LogP) is -20.5. The molecule has 9 heterocycles. The van der Waals surface area contributed by atoms with Gasteiger partial charge in [0.05, 0.1) is 39.6 Å². The minimum Gasteiger partial charge on any atom is -0.479 e. The molecule has 0 bridgehead atoms. The average molecular weight is 1760 g/mol. The third kappa shape index (κ3) is 21.3. The summed E-state index contributed by atoms with van der Waals surface area (Å²) in [4.78, 5) is 76.3. The predicted molar refractivity (Wildman–Crippen MR) is 346 cm³/mol. The summed E-state index contributed by atoms with van der Waals surface area (Å²) in [6.45, 7) is -5.11. The van der Waals surface area contributed by atoms with Crippen molar-refractivity contribution in [2.75, 3.05) is 39.6 Å². The number of nitrogens with one attached hydrogen (secondary N) is 4. The first-order valence-corrected chi connectivity index (χ1v) is 37.9. The Morgan fingerprint density at radius 1 is 0.265 bits per heavy atom. The van der Waals surface area contributed by atoms with E-state index < -0.39 is 366 Å². The molecule has 0 radical (unpaired) electrons. The Balaban J connectivity index is 0.875. The number of carbonyl (C=O) groups excluding carboxylic acids is 2. The van der Waals surface area contributed by atoms with Crippen LogP contribution in [0.4, 0.5) is 0 Å². The van der Waals surface area contributed by atoms with Crippen molar-refractivity contribution < 1.29 is 258 Å². The summed E-state index contributed by atoms with van der Waals surface area (Å²) in [5, 5.41) is 266. The van der Waals surface area contributed by atoms with E-state index in [9.17, 15) is 177 Å². The lowest BCUT2D eigenvalue weighted by Crippen LogP contribution is -2.71. The number of aliphatic carboxylic acids is 4. The SMILES string of the molecule is CC(=O)N[C@H]1[C@@H](O[C@H]2[C@H](O)[C@@H](O)[C@H](O[C@H]3[C@H](O)[C@@H](NS(=O)(=O)O)[C@@H](O[C@H]4[C@H](O)[C@@H](O)[C@H](O[C@H]5[C@H](O)[C@@H](NS(=O)(=O)O)[C@@H](O[C@H]6[C@H](O)[C@@H](O)[C@H](O[C@H]7[C@H](O)[C@@H](CO)O[C@@H]7CO)O[C@@H]6C(=O)O)O[C@@H]5CO)O[C@@H]4C(=O)O)O[C@@H]3CO)O[C@@H]2C(=O)O)O[C@H](CO)[C@@H](O[C@@H]2O[C@H](C(=O)O)[C@@H](O[C@H]3O[C@H](CO)[C@@H](O)[C@H](O)[C@H]3NC(C)=O)[C@H](O)[C@H]2O)[C@@H]1O. The zero-order valence-electron chi connectivity index (χ0n) is 60.1. The highest BCUT2D eigenvalue weighted by atomic mass is 32.2. The Morgan fingerprint density at radius 2 is 0.479 bits per heavy atom. The molecule has 30 N–H and O–H groups in total. The molecule has 0 aliphatic carbocycles. The van der Waals surface area contributed by atoms with Gasteiger partial charge in [0, 0.05) is 13.8 Å². The summed E-state index contributed by atoms with van der Waals surface area (Å²) >= 11 is 0. The standard InChI is InChI=1S/C58H92N4O53S2/c1-9(69)59-17-23(73)21(71)11(3-63)100-51(17)108-39-27(77)32(82)56(113-43(39)47(85)86)105-36-14(6-66)101-52(18(24(36)74)60-10(2)70)109-40-28(78)33(83)57(114-44(40)48(87)88)106-37-15(7-67)103-54(20(25(37)75)62-117(96,97)98)111-42-30(80)34(84)58(115-46(42)50(91)92)107-38-16(8-68)102-53(19(26(38)76)61-116(93,94)95)110-41-29(79)31(81)55(112-45(41)49(89)90)104-35-13(5-65)99-12(4-64)22(35)72/h11-46,51-58,61-68,71-84H,3-8H2,1-2H3,(H,59,69)(H,60,70)(H,85,86)(H,87,88)(H,89,90)(H,91,92)(H,93,94,95)(H,96,97,98)/t11-,12-,13-,14-,15-,16-,17-,18-,19-,20-,21-,22-,23-,24-,25-,26-,27-,28-,29-,30-,31-,32-,33-,34-,35-,36-,37-,38-,39+,40+,41+,42+,43+,44+,45+,46+,51-,52-,53-,54-,55-,56-,57-,58-/m1/s1. The van der Waals surface area contributed by atoms with Gasteiger partial charge in [-0.1, -0.05) is 0 Å². The maximum atomic E-state index is 13.1. The molecule has 117 heavy (non-hydrogen) atoms. The molecule has 0 saturated carbocycles. The maximum Gasteiger partial charge on any atom is 0.335 e. The number of hydrogen-bond donors (Lipinski definition) is 30. The molecule has 0 spiro atoms. The first-order valence-electron chi connectivity index (χ1n) is 35.0. The Hall–Kier alpha value is -4.92. The van der Waals surface area contributed by atoms with Crippen LogP contribution < -0.4 is 20.1 Å². The third-order valence-electron chi connectivity index (χ3n) is 20.0. The highest BCUT2D eigenvalue weighted by Gasteiger charge is 2.63. The fourth-order valence-corrected chi connectivity index (χ4v) is 15.5. The molecule has 0 aromatic rings. The van der Waals surface area contributed by atoms with Gasteiger partial charge in [-0.2, -0.15) is 26.3 Å². The van der Waals surface area contributed by atoms with Gasteiger partial charge in [0.1, 0.15) is 195 Å². The van der Waals surface area contributed by atoms with Crippen molar-refractivity contribution in [3.05, 3.63) is 0 Å². The Labute approximate surface area is 655 Å². The van der Waals surface area contributed by atoms with Gasteiger partial charge in [-0.15, -0.1) is 0 Å². The van der Waals surface area contributed by atoms with Gasteiger partial charge >= 0.3 is 44.5 Å². The zero-order chi connectivity index (χ0) is 87.0. The summed E-state index contributed by atoms with van der Waals surface area (Å²) in [5.74, 6) is -10.3. The zero-order valence-corrected chi connectivity index (χ0v) is 61.7. The summed E-state index contributed by atoms with van der Waals surface area (Å²) in [6, 6.07) is -9.08. The number of ether oxygens (including phenoxy) is 17. The van der Waals surface area contributed by atoms with Crippen LogP contribution in [-0.2, 0) is 130 Å². The van der Waals surface area contributed by atoms with Gasteiger partial charge < -0.3 is 214 Å². The van der Waals surface area contributed by atoms with Crippen molar-refractivity contribution >= 4 is 56.3 Å². The second-order valence-corrected chi connectivity index (χ2v) is 30.3. The van der Waals surface area contributed by atoms with E-state index >= 15 is 0 Å². The molecule has 674 valence electrons. The van der Waals surface area contributed by atoms with Crippen molar-refractivity contribution in [1.82, 2.24) is 20.1 Å². The van der Waals surface area contributed by atoms with Crippen molar-refractivity contribution in [2.45, 2.75) is 284 Å². The molecule has 0 unspecified atom stereocenters. The first-order chi connectivity index (χ1) is 54.7. The van der Waals surface area contributed by atoms with Crippen LogP contribution in [0.5, 0.6) is 0 Å². The molecule has 9 rings (SSSR count). The van der Waals surface area contributed by atoms with E-state index in [1.807, 2.05) is 0 Å². The lowest BCUT2D eigenvalue weighted by atomic mass is 9.93. The number of carboxylic acid groups (broad SMARTS) is 4. The smallest absolute Gasteiger partial charge is 0.335 e. The molecular weight excluding hydrogens is 1660 g/mol. The van der Waals surface area contributed by atoms with Crippen molar-refractivity contribution in [3.63, 3.8) is 0 Å². The van der Waals surface area contributed by atoms with Gasteiger partial charge in [0.25, 0.3) is 0 Å². The third-order valence-corrected chi connectivity index (χ3v) is 21.2. The maximum absolute atomic E-state index is 13.1. The van der Waals surface area contributed by atoms with Crippen LogP contribution in [-0.4, -0.2) is 494 Å². The highest BCUT2D eigenvalue weighted by Crippen LogP contribution is 2.41. The molecule has 57 nitrogen and oxygen atoms in total. The van der Waals surface area contributed by atoms with Gasteiger partial charge in [0.15, 0.2) is 74.7 Å². The van der Waals surface area contributed by atoms with E-state index in [1.54, 1.807) is 0 Å². The summed E-state index contributed by atoms with van der Waals surface area (Å²) < 4.78 is 167.